The van der Waals surface area contributed by atoms with E-state index < -0.39 is 10.0 Å². The predicted octanol–water partition coefficient (Wildman–Crippen LogP) is 2.44. The summed E-state index contributed by atoms with van der Waals surface area (Å²) in [4.78, 5) is 11.6. The molecule has 1 fully saturated rings. The highest BCUT2D eigenvalue weighted by molar-refractivity contribution is 7.89. The van der Waals surface area contributed by atoms with Crippen molar-refractivity contribution >= 4 is 15.8 Å². The Morgan fingerprint density at radius 3 is 2.30 bits per heavy atom. The van der Waals surface area contributed by atoms with Crippen LogP contribution in [-0.4, -0.2) is 31.6 Å². The minimum Gasteiger partial charge on any atom is -0.300 e. The minimum atomic E-state index is -3.48. The number of nitrogens with zero attached hydrogens (tertiary/aromatic N) is 1. The Labute approximate surface area is 120 Å². The summed E-state index contributed by atoms with van der Waals surface area (Å²) in [5, 5.41) is 0. The summed E-state index contributed by atoms with van der Waals surface area (Å²) in [5.74, 6) is 0.235. The van der Waals surface area contributed by atoms with Gasteiger partial charge in [-0.25, -0.2) is 8.42 Å². The van der Waals surface area contributed by atoms with Gasteiger partial charge in [-0.3, -0.25) is 4.79 Å². The van der Waals surface area contributed by atoms with Crippen LogP contribution in [0.4, 0.5) is 0 Å². The summed E-state index contributed by atoms with van der Waals surface area (Å²) in [6.07, 6.45) is 2.22. The number of carbonyl (C=O) groups excluding carboxylic acids is 1. The Kier molecular flexibility index (Phi) is 4.30. The van der Waals surface area contributed by atoms with Gasteiger partial charge in [0.05, 0.1) is 4.90 Å². The largest absolute Gasteiger partial charge is 0.300 e. The smallest absolute Gasteiger partial charge is 0.243 e. The van der Waals surface area contributed by atoms with Crippen molar-refractivity contribution in [3.05, 3.63) is 29.3 Å². The van der Waals surface area contributed by atoms with Crippen LogP contribution < -0.4 is 0 Å². The first-order chi connectivity index (χ1) is 9.32. The van der Waals surface area contributed by atoms with Crippen molar-refractivity contribution in [2.75, 3.05) is 7.05 Å². The summed E-state index contributed by atoms with van der Waals surface area (Å²) >= 11 is 0. The highest BCUT2D eigenvalue weighted by Gasteiger charge is 2.31. The van der Waals surface area contributed by atoms with Gasteiger partial charge in [0, 0.05) is 25.9 Å². The van der Waals surface area contributed by atoms with Crippen LogP contribution in [0.3, 0.4) is 0 Å². The third kappa shape index (κ3) is 2.94. The average Bonchev–Trinajstić information content (AvgIpc) is 2.38. The number of benzene rings is 1. The van der Waals surface area contributed by atoms with Crippen molar-refractivity contribution in [3.8, 4) is 0 Å². The van der Waals surface area contributed by atoms with E-state index in [4.69, 9.17) is 0 Å². The lowest BCUT2D eigenvalue weighted by Crippen LogP contribution is -2.39. The maximum Gasteiger partial charge on any atom is 0.243 e. The fourth-order valence-corrected chi connectivity index (χ4v) is 4.35. The van der Waals surface area contributed by atoms with Crippen LogP contribution in [0.5, 0.6) is 0 Å². The molecule has 4 nitrogen and oxygen atoms in total. The number of rotatable bonds is 3. The quantitative estimate of drug-likeness (QED) is 0.860. The molecule has 1 aliphatic rings. The zero-order valence-corrected chi connectivity index (χ0v) is 13.0. The number of Topliss-reactive ketones (excluding diaryl/α,β-unsaturated/α-hetero) is 1. The molecule has 1 aromatic rings. The first kappa shape index (κ1) is 15.2. The summed E-state index contributed by atoms with van der Waals surface area (Å²) in [6, 6.07) is 5.30. The van der Waals surface area contributed by atoms with Crippen LogP contribution in [0.2, 0.25) is 0 Å². The molecule has 1 saturated carbocycles. The van der Waals surface area contributed by atoms with E-state index in [2.05, 4.69) is 0 Å². The lowest BCUT2D eigenvalue weighted by Gasteiger charge is -2.30. The fourth-order valence-electron chi connectivity index (χ4n) is 2.73. The van der Waals surface area contributed by atoms with Crippen LogP contribution in [0.1, 0.15) is 36.8 Å². The lowest BCUT2D eigenvalue weighted by molar-refractivity contribution is -0.120. The van der Waals surface area contributed by atoms with Crippen molar-refractivity contribution in [2.24, 2.45) is 0 Å². The van der Waals surface area contributed by atoms with E-state index in [1.807, 2.05) is 26.0 Å². The van der Waals surface area contributed by atoms with Gasteiger partial charge in [-0.15, -0.1) is 0 Å². The molecule has 0 N–H and O–H groups in total. The zero-order chi connectivity index (χ0) is 14.9. The molecule has 0 unspecified atom stereocenters. The van der Waals surface area contributed by atoms with E-state index in [0.29, 0.717) is 30.6 Å². The van der Waals surface area contributed by atoms with Gasteiger partial charge in [0.25, 0.3) is 0 Å². The first-order valence-electron chi connectivity index (χ1n) is 6.89. The predicted molar refractivity (Wildman–Crippen MR) is 78.1 cm³/mol. The van der Waals surface area contributed by atoms with Gasteiger partial charge < -0.3 is 0 Å². The molecule has 0 atom stereocenters. The van der Waals surface area contributed by atoms with Crippen LogP contribution in [0.25, 0.3) is 0 Å². The van der Waals surface area contributed by atoms with Crippen molar-refractivity contribution in [2.45, 2.75) is 50.5 Å². The Hall–Kier alpha value is -1.20. The molecule has 5 heteroatoms. The normalized spacial score (nSPS) is 17.7. The van der Waals surface area contributed by atoms with Crippen LogP contribution in [-0.2, 0) is 14.8 Å². The standard InChI is InChI=1S/C15H21NO3S/c1-11-4-9-15(12(2)10-11)20(18,19)16(3)13-5-7-14(17)8-6-13/h4,9-10,13H,5-8H2,1-3H3. The summed E-state index contributed by atoms with van der Waals surface area (Å²) in [7, 11) is -1.86. The molecular weight excluding hydrogens is 274 g/mol. The molecule has 0 spiro atoms. The molecule has 1 aliphatic carbocycles. The molecule has 0 heterocycles. The SMILES string of the molecule is Cc1ccc(S(=O)(=O)N(C)C2CCC(=O)CC2)c(C)c1. The van der Waals surface area contributed by atoms with Gasteiger partial charge in [0.2, 0.25) is 10.0 Å². The van der Waals surface area contributed by atoms with E-state index in [1.54, 1.807) is 13.1 Å². The number of aryl methyl sites for hydroxylation is 2. The van der Waals surface area contributed by atoms with Crippen LogP contribution >= 0.6 is 0 Å². The molecule has 0 saturated heterocycles. The van der Waals surface area contributed by atoms with Crippen LogP contribution in [0, 0.1) is 13.8 Å². The zero-order valence-electron chi connectivity index (χ0n) is 12.2. The molecule has 0 bridgehead atoms. The van der Waals surface area contributed by atoms with Gasteiger partial charge in [0.15, 0.2) is 0 Å². The number of carbonyl (C=O) groups is 1. The fraction of sp³-hybridized carbons (Fsp3) is 0.533. The Morgan fingerprint density at radius 1 is 1.15 bits per heavy atom. The molecule has 1 aromatic carbocycles. The van der Waals surface area contributed by atoms with E-state index in [-0.39, 0.29) is 11.8 Å². The van der Waals surface area contributed by atoms with Gasteiger partial charge in [-0.05, 0) is 38.3 Å². The number of hydrogen-bond acceptors (Lipinski definition) is 3. The van der Waals surface area contributed by atoms with E-state index in [1.165, 1.54) is 4.31 Å². The van der Waals surface area contributed by atoms with Crippen molar-refractivity contribution < 1.29 is 13.2 Å². The highest BCUT2D eigenvalue weighted by atomic mass is 32.2. The second-order valence-electron chi connectivity index (χ2n) is 5.56. The minimum absolute atomic E-state index is 0.0709. The Bertz CT molecular complexity index is 612. The first-order valence-corrected chi connectivity index (χ1v) is 8.33. The number of hydrogen-bond donors (Lipinski definition) is 0. The van der Waals surface area contributed by atoms with Crippen molar-refractivity contribution in [3.63, 3.8) is 0 Å². The number of sulfonamides is 1. The maximum atomic E-state index is 12.7. The van der Waals surface area contributed by atoms with Gasteiger partial charge >= 0.3 is 0 Å². The highest BCUT2D eigenvalue weighted by Crippen LogP contribution is 2.27. The van der Waals surface area contributed by atoms with Crippen molar-refractivity contribution in [1.82, 2.24) is 4.31 Å². The molecule has 0 aliphatic heterocycles. The lowest BCUT2D eigenvalue weighted by atomic mass is 9.95. The topological polar surface area (TPSA) is 54.5 Å². The third-order valence-electron chi connectivity index (χ3n) is 4.01. The maximum absolute atomic E-state index is 12.7. The van der Waals surface area contributed by atoms with Crippen LogP contribution in [0.15, 0.2) is 23.1 Å². The van der Waals surface area contributed by atoms with E-state index in [9.17, 15) is 13.2 Å². The molecule has 2 rings (SSSR count). The molecule has 20 heavy (non-hydrogen) atoms. The Balaban J connectivity index is 2.27. The third-order valence-corrected chi connectivity index (χ3v) is 6.08. The van der Waals surface area contributed by atoms with Crippen molar-refractivity contribution in [1.29, 1.82) is 0 Å². The molecule has 0 radical (unpaired) electrons. The van der Waals surface area contributed by atoms with Gasteiger partial charge in [-0.1, -0.05) is 17.7 Å². The summed E-state index contributed by atoms with van der Waals surface area (Å²) < 4.78 is 26.8. The second kappa shape index (κ2) is 5.66. The van der Waals surface area contributed by atoms with Gasteiger partial charge in [0.1, 0.15) is 5.78 Å². The Morgan fingerprint density at radius 2 is 1.75 bits per heavy atom. The monoisotopic (exact) mass is 295 g/mol. The molecule has 110 valence electrons. The summed E-state index contributed by atoms with van der Waals surface area (Å²) in [5.41, 5.74) is 1.82. The average molecular weight is 295 g/mol. The molecular formula is C15H21NO3S. The summed E-state index contributed by atoms with van der Waals surface area (Å²) in [6.45, 7) is 3.76. The molecule has 0 amide bonds. The number of ketones is 1. The van der Waals surface area contributed by atoms with E-state index in [0.717, 1.165) is 11.1 Å². The molecule has 0 aromatic heterocycles. The van der Waals surface area contributed by atoms with Gasteiger partial charge in [-0.2, -0.15) is 4.31 Å². The van der Waals surface area contributed by atoms with E-state index >= 15 is 0 Å². The second-order valence-corrected chi connectivity index (χ2v) is 7.53.